The zero-order valence-corrected chi connectivity index (χ0v) is 7.07. The van der Waals surface area contributed by atoms with Crippen LogP contribution in [0, 0.1) is 0 Å². The third-order valence-electron chi connectivity index (χ3n) is 2.01. The highest BCUT2D eigenvalue weighted by Crippen LogP contribution is 2.06. The molecule has 2 aliphatic rings. The van der Waals surface area contributed by atoms with Gasteiger partial charge in [0.25, 0.3) is 0 Å². The van der Waals surface area contributed by atoms with E-state index < -0.39 is 0 Å². The third-order valence-corrected chi connectivity index (χ3v) is 2.01. The van der Waals surface area contributed by atoms with E-state index in [2.05, 4.69) is 5.01 Å². The van der Waals surface area contributed by atoms with Crippen LogP contribution in [0.3, 0.4) is 0 Å². The van der Waals surface area contributed by atoms with Gasteiger partial charge in [-0.25, -0.2) is 5.01 Å². The monoisotopic (exact) mass is 174 g/mol. The SMILES string of the molecule is C1CN(N2CCOCO2)CCO1. The lowest BCUT2D eigenvalue weighted by molar-refractivity contribution is -0.358. The van der Waals surface area contributed by atoms with Crippen molar-refractivity contribution in [3.05, 3.63) is 0 Å². The number of nitrogens with zero attached hydrogens (tertiary/aromatic N) is 2. The van der Waals surface area contributed by atoms with Crippen LogP contribution in [0.4, 0.5) is 0 Å². The topological polar surface area (TPSA) is 34.2 Å². The summed E-state index contributed by atoms with van der Waals surface area (Å²) in [5.41, 5.74) is 0. The highest BCUT2D eigenvalue weighted by molar-refractivity contribution is 4.57. The summed E-state index contributed by atoms with van der Waals surface area (Å²) in [6.45, 7) is 5.36. The molecule has 2 heterocycles. The van der Waals surface area contributed by atoms with Gasteiger partial charge in [-0.2, -0.15) is 0 Å². The molecule has 0 spiro atoms. The molecular weight excluding hydrogens is 160 g/mol. The molecule has 12 heavy (non-hydrogen) atoms. The zero-order valence-electron chi connectivity index (χ0n) is 7.07. The van der Waals surface area contributed by atoms with Gasteiger partial charge >= 0.3 is 0 Å². The van der Waals surface area contributed by atoms with Gasteiger partial charge in [0.15, 0.2) is 6.79 Å². The summed E-state index contributed by atoms with van der Waals surface area (Å²) in [5.74, 6) is 0. The van der Waals surface area contributed by atoms with Crippen molar-refractivity contribution in [1.82, 2.24) is 10.2 Å². The maximum Gasteiger partial charge on any atom is 0.168 e. The van der Waals surface area contributed by atoms with E-state index in [0.29, 0.717) is 6.79 Å². The summed E-state index contributed by atoms with van der Waals surface area (Å²) < 4.78 is 10.3. The van der Waals surface area contributed by atoms with Crippen LogP contribution in [-0.4, -0.2) is 56.4 Å². The van der Waals surface area contributed by atoms with Crippen LogP contribution in [-0.2, 0) is 14.3 Å². The molecule has 0 atom stereocenters. The van der Waals surface area contributed by atoms with Crippen LogP contribution >= 0.6 is 0 Å². The van der Waals surface area contributed by atoms with E-state index in [4.69, 9.17) is 14.3 Å². The molecule has 2 aliphatic heterocycles. The molecule has 5 nitrogen and oxygen atoms in total. The lowest BCUT2D eigenvalue weighted by atomic mass is 10.5. The van der Waals surface area contributed by atoms with Gasteiger partial charge < -0.3 is 9.47 Å². The minimum atomic E-state index is 0.372. The molecular formula is C7H14N2O3. The Hall–Kier alpha value is -0.200. The number of rotatable bonds is 1. The Morgan fingerprint density at radius 1 is 0.833 bits per heavy atom. The molecule has 0 aromatic carbocycles. The molecule has 0 unspecified atom stereocenters. The quantitative estimate of drug-likeness (QED) is 0.533. The predicted molar refractivity (Wildman–Crippen MR) is 41.0 cm³/mol. The van der Waals surface area contributed by atoms with Crippen molar-refractivity contribution in [2.24, 2.45) is 0 Å². The molecule has 5 heteroatoms. The van der Waals surface area contributed by atoms with Crippen LogP contribution in [0.25, 0.3) is 0 Å². The molecule has 0 bridgehead atoms. The van der Waals surface area contributed by atoms with Crippen molar-refractivity contribution >= 4 is 0 Å². The molecule has 70 valence electrons. The first-order chi connectivity index (χ1) is 5.97. The Kier molecular flexibility index (Phi) is 2.91. The Morgan fingerprint density at radius 3 is 2.25 bits per heavy atom. The molecule has 0 saturated carbocycles. The summed E-state index contributed by atoms with van der Waals surface area (Å²) in [4.78, 5) is 5.30. The van der Waals surface area contributed by atoms with Gasteiger partial charge in [0, 0.05) is 13.1 Å². The van der Waals surface area contributed by atoms with Crippen molar-refractivity contribution in [2.75, 3.05) is 46.2 Å². The summed E-state index contributed by atoms with van der Waals surface area (Å²) in [5, 5.41) is 4.04. The fourth-order valence-electron chi connectivity index (χ4n) is 1.36. The maximum absolute atomic E-state index is 5.30. The van der Waals surface area contributed by atoms with E-state index in [0.717, 1.165) is 39.5 Å². The molecule has 0 amide bonds. The van der Waals surface area contributed by atoms with Gasteiger partial charge in [0.2, 0.25) is 0 Å². The second-order valence-electron chi connectivity index (χ2n) is 2.80. The van der Waals surface area contributed by atoms with Gasteiger partial charge in [-0.15, -0.1) is 5.17 Å². The van der Waals surface area contributed by atoms with Gasteiger partial charge in [-0.1, -0.05) is 0 Å². The van der Waals surface area contributed by atoms with Crippen molar-refractivity contribution in [2.45, 2.75) is 0 Å². The van der Waals surface area contributed by atoms with E-state index in [1.54, 1.807) is 0 Å². The Labute approximate surface area is 71.7 Å². The minimum Gasteiger partial charge on any atom is -0.379 e. The average molecular weight is 174 g/mol. The lowest BCUT2D eigenvalue weighted by Crippen LogP contribution is -2.51. The average Bonchev–Trinajstić information content (AvgIpc) is 2.21. The van der Waals surface area contributed by atoms with Crippen LogP contribution in [0.2, 0.25) is 0 Å². The smallest absolute Gasteiger partial charge is 0.168 e. The summed E-state index contributed by atoms with van der Waals surface area (Å²) >= 11 is 0. The fraction of sp³-hybridized carbons (Fsp3) is 1.00. The van der Waals surface area contributed by atoms with E-state index in [1.165, 1.54) is 0 Å². The van der Waals surface area contributed by atoms with Gasteiger partial charge in [0.1, 0.15) is 0 Å². The van der Waals surface area contributed by atoms with Crippen molar-refractivity contribution in [3.8, 4) is 0 Å². The molecule has 0 aliphatic carbocycles. The molecule has 0 radical (unpaired) electrons. The number of hydrazine groups is 1. The first-order valence-corrected chi connectivity index (χ1v) is 4.27. The van der Waals surface area contributed by atoms with Crippen molar-refractivity contribution < 1.29 is 14.3 Å². The van der Waals surface area contributed by atoms with Crippen LogP contribution < -0.4 is 0 Å². The number of hydrogen-bond donors (Lipinski definition) is 0. The lowest BCUT2D eigenvalue weighted by Gasteiger charge is -2.37. The highest BCUT2D eigenvalue weighted by atomic mass is 16.8. The van der Waals surface area contributed by atoms with E-state index in [1.807, 2.05) is 5.17 Å². The van der Waals surface area contributed by atoms with Crippen LogP contribution in [0.5, 0.6) is 0 Å². The number of morpholine rings is 1. The second kappa shape index (κ2) is 4.15. The van der Waals surface area contributed by atoms with E-state index in [9.17, 15) is 0 Å². The highest BCUT2D eigenvalue weighted by Gasteiger charge is 2.21. The second-order valence-corrected chi connectivity index (χ2v) is 2.80. The maximum atomic E-state index is 5.30. The van der Waals surface area contributed by atoms with Crippen LogP contribution in [0.1, 0.15) is 0 Å². The summed E-state index contributed by atoms with van der Waals surface area (Å²) in [7, 11) is 0. The third kappa shape index (κ3) is 1.94. The molecule has 2 saturated heterocycles. The molecule has 2 rings (SSSR count). The molecule has 0 aromatic rings. The zero-order chi connectivity index (χ0) is 8.23. The van der Waals surface area contributed by atoms with Crippen molar-refractivity contribution in [1.29, 1.82) is 0 Å². The summed E-state index contributed by atoms with van der Waals surface area (Å²) in [6, 6.07) is 0. The Bertz CT molecular complexity index is 117. The molecule has 2 fully saturated rings. The Morgan fingerprint density at radius 2 is 1.58 bits per heavy atom. The van der Waals surface area contributed by atoms with Crippen molar-refractivity contribution in [3.63, 3.8) is 0 Å². The van der Waals surface area contributed by atoms with Gasteiger partial charge in [-0.3, -0.25) is 4.84 Å². The number of ether oxygens (including phenoxy) is 2. The summed E-state index contributed by atoms with van der Waals surface area (Å²) in [6.07, 6.45) is 0. The Balaban J connectivity index is 1.80. The predicted octanol–water partition coefficient (Wildman–Crippen LogP) is -0.545. The minimum absolute atomic E-state index is 0.372. The van der Waals surface area contributed by atoms with Crippen LogP contribution in [0.15, 0.2) is 0 Å². The number of hydroxylamine groups is 1. The van der Waals surface area contributed by atoms with Gasteiger partial charge in [0.05, 0.1) is 26.4 Å². The first kappa shape index (κ1) is 8.40. The normalized spacial score (nSPS) is 29.0. The standard InChI is InChI=1S/C7H14N2O3/c1-4-10-5-2-8(1)9-3-6-11-7-12-9/h1-7H2. The number of hydrogen-bond acceptors (Lipinski definition) is 5. The fourth-order valence-corrected chi connectivity index (χ4v) is 1.36. The van der Waals surface area contributed by atoms with E-state index >= 15 is 0 Å². The largest absolute Gasteiger partial charge is 0.379 e. The first-order valence-electron chi connectivity index (χ1n) is 4.27. The van der Waals surface area contributed by atoms with E-state index in [-0.39, 0.29) is 0 Å². The molecule has 0 N–H and O–H groups in total. The van der Waals surface area contributed by atoms with Gasteiger partial charge in [-0.05, 0) is 0 Å². The molecule has 0 aromatic heterocycles.